The molecule has 7 heteroatoms. The van der Waals surface area contributed by atoms with Crippen LogP contribution in [0.2, 0.25) is 0 Å². The second-order valence-electron chi connectivity index (χ2n) is 3.11. The molecule has 0 aromatic heterocycles. The molecule has 0 saturated heterocycles. The van der Waals surface area contributed by atoms with Gasteiger partial charge in [0.05, 0.1) is 0 Å². The Labute approximate surface area is 86.3 Å². The molecule has 0 aliphatic heterocycles. The quantitative estimate of drug-likeness (QED) is 0.441. The highest BCUT2D eigenvalue weighted by atomic mass is 16.4. The van der Waals surface area contributed by atoms with Gasteiger partial charge >= 0.3 is 11.9 Å². The first kappa shape index (κ1) is 13.4. The van der Waals surface area contributed by atoms with Gasteiger partial charge in [-0.2, -0.15) is 0 Å². The number of carboxylic acid groups (broad SMARTS) is 2. The van der Waals surface area contributed by atoms with Crippen molar-refractivity contribution in [2.75, 3.05) is 0 Å². The summed E-state index contributed by atoms with van der Waals surface area (Å²) in [6.45, 7) is 1.32. The van der Waals surface area contributed by atoms with Crippen LogP contribution in [0.3, 0.4) is 0 Å². The zero-order valence-electron chi connectivity index (χ0n) is 8.27. The van der Waals surface area contributed by atoms with Crippen molar-refractivity contribution in [3.05, 3.63) is 0 Å². The Morgan fingerprint density at radius 3 is 2.20 bits per heavy atom. The molecular weight excluding hydrogens is 204 g/mol. The number of carboxylic acids is 2. The standard InChI is InChI=1S/C8H14N2O5/c1-4(7(12)13)10-6(11)3-2-5(9)8(14)15/h4-5H,2-3,9H2,1H3,(H,10,11)(H,12,13)(H,14,15)/t4-,5+/m1/s1. The number of carbonyl (C=O) groups is 3. The van der Waals surface area contributed by atoms with E-state index >= 15 is 0 Å². The highest BCUT2D eigenvalue weighted by Gasteiger charge is 2.16. The van der Waals surface area contributed by atoms with Gasteiger partial charge in [0.1, 0.15) is 12.1 Å². The van der Waals surface area contributed by atoms with Crippen molar-refractivity contribution in [3.8, 4) is 0 Å². The van der Waals surface area contributed by atoms with E-state index in [4.69, 9.17) is 15.9 Å². The fourth-order valence-corrected chi connectivity index (χ4v) is 0.785. The maximum absolute atomic E-state index is 11.1. The minimum Gasteiger partial charge on any atom is -0.480 e. The van der Waals surface area contributed by atoms with E-state index in [1.54, 1.807) is 0 Å². The highest BCUT2D eigenvalue weighted by molar-refractivity contribution is 5.83. The lowest BCUT2D eigenvalue weighted by Crippen LogP contribution is -2.39. The molecule has 0 saturated carbocycles. The number of nitrogens with two attached hydrogens (primary N) is 1. The summed E-state index contributed by atoms with van der Waals surface area (Å²) in [4.78, 5) is 31.7. The van der Waals surface area contributed by atoms with E-state index in [-0.39, 0.29) is 12.8 Å². The molecule has 2 atom stereocenters. The van der Waals surface area contributed by atoms with Crippen molar-refractivity contribution in [2.45, 2.75) is 31.8 Å². The van der Waals surface area contributed by atoms with E-state index in [0.29, 0.717) is 0 Å². The summed E-state index contributed by atoms with van der Waals surface area (Å²) >= 11 is 0. The lowest BCUT2D eigenvalue weighted by molar-refractivity contribution is -0.142. The van der Waals surface area contributed by atoms with E-state index in [9.17, 15) is 14.4 Å². The summed E-state index contributed by atoms with van der Waals surface area (Å²) in [6, 6.07) is -2.09. The molecule has 0 radical (unpaired) electrons. The van der Waals surface area contributed by atoms with E-state index in [1.165, 1.54) is 6.92 Å². The van der Waals surface area contributed by atoms with Crippen molar-refractivity contribution >= 4 is 17.8 Å². The van der Waals surface area contributed by atoms with Crippen molar-refractivity contribution in [2.24, 2.45) is 5.73 Å². The van der Waals surface area contributed by atoms with Crippen LogP contribution in [-0.2, 0) is 14.4 Å². The van der Waals surface area contributed by atoms with E-state index in [1.807, 2.05) is 0 Å². The summed E-state index contributed by atoms with van der Waals surface area (Å²) in [6.07, 6.45) is -0.126. The summed E-state index contributed by atoms with van der Waals surface area (Å²) < 4.78 is 0. The molecule has 1 amide bonds. The lowest BCUT2D eigenvalue weighted by Gasteiger charge is -2.10. The van der Waals surface area contributed by atoms with Crippen LogP contribution in [0.1, 0.15) is 19.8 Å². The van der Waals surface area contributed by atoms with Crippen molar-refractivity contribution in [1.29, 1.82) is 0 Å². The number of aliphatic carboxylic acids is 2. The summed E-state index contributed by atoms with van der Waals surface area (Å²) in [5.41, 5.74) is 5.16. The van der Waals surface area contributed by atoms with E-state index < -0.39 is 29.9 Å². The molecule has 0 fully saturated rings. The van der Waals surface area contributed by atoms with Crippen LogP contribution in [-0.4, -0.2) is 40.1 Å². The number of hydrogen-bond acceptors (Lipinski definition) is 4. The molecule has 0 aliphatic rings. The molecule has 0 heterocycles. The van der Waals surface area contributed by atoms with Gasteiger partial charge < -0.3 is 21.3 Å². The van der Waals surface area contributed by atoms with Crippen molar-refractivity contribution in [1.82, 2.24) is 5.32 Å². The fraction of sp³-hybridized carbons (Fsp3) is 0.625. The number of carbonyl (C=O) groups excluding carboxylic acids is 1. The van der Waals surface area contributed by atoms with Crippen LogP contribution in [0.25, 0.3) is 0 Å². The molecular formula is C8H14N2O5. The Bertz CT molecular complexity index is 266. The monoisotopic (exact) mass is 218 g/mol. The molecule has 7 nitrogen and oxygen atoms in total. The molecule has 0 rings (SSSR count). The molecule has 5 N–H and O–H groups in total. The zero-order valence-corrected chi connectivity index (χ0v) is 8.27. The smallest absolute Gasteiger partial charge is 0.325 e. The number of hydrogen-bond donors (Lipinski definition) is 4. The molecule has 0 unspecified atom stereocenters. The second-order valence-corrected chi connectivity index (χ2v) is 3.11. The predicted molar refractivity (Wildman–Crippen MR) is 50.1 cm³/mol. The topological polar surface area (TPSA) is 130 Å². The second kappa shape index (κ2) is 5.97. The maximum Gasteiger partial charge on any atom is 0.325 e. The van der Waals surface area contributed by atoms with Gasteiger partial charge in [-0.15, -0.1) is 0 Å². The Morgan fingerprint density at radius 1 is 1.27 bits per heavy atom. The van der Waals surface area contributed by atoms with Crippen molar-refractivity contribution < 1.29 is 24.6 Å². The van der Waals surface area contributed by atoms with Gasteiger partial charge in [0.15, 0.2) is 0 Å². The predicted octanol–water partition coefficient (Wildman–Crippen LogP) is -1.23. The summed E-state index contributed by atoms with van der Waals surface area (Å²) in [7, 11) is 0. The van der Waals surface area contributed by atoms with Gasteiger partial charge in [-0.3, -0.25) is 14.4 Å². The molecule has 86 valence electrons. The third-order valence-corrected chi connectivity index (χ3v) is 1.75. The largest absolute Gasteiger partial charge is 0.480 e. The zero-order chi connectivity index (χ0) is 12.0. The van der Waals surface area contributed by atoms with Crippen molar-refractivity contribution in [3.63, 3.8) is 0 Å². The third-order valence-electron chi connectivity index (χ3n) is 1.75. The van der Waals surface area contributed by atoms with Crippen LogP contribution >= 0.6 is 0 Å². The molecule has 0 spiro atoms. The van der Waals surface area contributed by atoms with Gasteiger partial charge in [0.25, 0.3) is 0 Å². The molecule has 0 aliphatic carbocycles. The maximum atomic E-state index is 11.1. The SMILES string of the molecule is C[C@@H](NC(=O)CC[C@H](N)C(=O)O)C(=O)O. The van der Waals surface area contributed by atoms with Crippen LogP contribution in [0.4, 0.5) is 0 Å². The normalized spacial score (nSPS) is 14.0. The summed E-state index contributed by atoms with van der Waals surface area (Å²) in [5, 5.41) is 19.1. The first-order valence-corrected chi connectivity index (χ1v) is 4.35. The molecule has 0 aromatic carbocycles. The minimum absolute atomic E-state index is 0.0203. The Kier molecular flexibility index (Phi) is 5.32. The Hall–Kier alpha value is -1.63. The number of amides is 1. The van der Waals surface area contributed by atoms with Gasteiger partial charge in [0.2, 0.25) is 5.91 Å². The van der Waals surface area contributed by atoms with E-state index in [0.717, 1.165) is 0 Å². The fourth-order valence-electron chi connectivity index (χ4n) is 0.785. The van der Waals surface area contributed by atoms with Gasteiger partial charge in [-0.05, 0) is 13.3 Å². The summed E-state index contributed by atoms with van der Waals surface area (Å²) in [5.74, 6) is -2.86. The van der Waals surface area contributed by atoms with Gasteiger partial charge in [-0.25, -0.2) is 0 Å². The Balaban J connectivity index is 3.85. The number of rotatable bonds is 6. The lowest BCUT2D eigenvalue weighted by atomic mass is 10.1. The molecule has 0 bridgehead atoms. The minimum atomic E-state index is -1.19. The van der Waals surface area contributed by atoms with Crippen LogP contribution in [0.5, 0.6) is 0 Å². The first-order valence-electron chi connectivity index (χ1n) is 4.35. The average molecular weight is 218 g/mol. The van der Waals surface area contributed by atoms with Crippen LogP contribution < -0.4 is 11.1 Å². The van der Waals surface area contributed by atoms with E-state index in [2.05, 4.69) is 5.32 Å². The van der Waals surface area contributed by atoms with Crippen LogP contribution in [0, 0.1) is 0 Å². The van der Waals surface area contributed by atoms with Gasteiger partial charge in [-0.1, -0.05) is 0 Å². The average Bonchev–Trinajstić information content (AvgIpc) is 2.13. The molecule has 0 aromatic rings. The van der Waals surface area contributed by atoms with Gasteiger partial charge in [0, 0.05) is 6.42 Å². The third kappa shape index (κ3) is 5.63. The highest BCUT2D eigenvalue weighted by Crippen LogP contribution is 1.95. The molecule has 15 heavy (non-hydrogen) atoms. The van der Waals surface area contributed by atoms with Crippen LogP contribution in [0.15, 0.2) is 0 Å². The first-order chi connectivity index (χ1) is 6.84. The Morgan fingerprint density at radius 2 is 1.80 bits per heavy atom. The number of nitrogens with one attached hydrogen (secondary N) is 1.